The Morgan fingerprint density at radius 2 is 2.32 bits per heavy atom. The van der Waals surface area contributed by atoms with Crippen LogP contribution in [0.4, 0.5) is 5.69 Å². The molecule has 1 fully saturated rings. The van der Waals surface area contributed by atoms with Crippen molar-refractivity contribution in [1.82, 2.24) is 0 Å². The van der Waals surface area contributed by atoms with Crippen LogP contribution in [0.2, 0.25) is 5.02 Å². The molecule has 1 aliphatic carbocycles. The Morgan fingerprint density at radius 1 is 1.53 bits per heavy atom. The predicted molar refractivity (Wildman–Crippen MR) is 74.4 cm³/mol. The summed E-state index contributed by atoms with van der Waals surface area (Å²) in [6.07, 6.45) is 1.02. The van der Waals surface area contributed by atoms with Crippen LogP contribution in [0.1, 0.15) is 18.9 Å². The highest BCUT2D eigenvalue weighted by Crippen LogP contribution is 2.32. The quantitative estimate of drug-likeness (QED) is 0.901. The average molecular weight is 281 g/mol. The van der Waals surface area contributed by atoms with Crippen LogP contribution in [0.25, 0.3) is 0 Å². The van der Waals surface area contributed by atoms with Crippen molar-refractivity contribution < 1.29 is 9.47 Å². The van der Waals surface area contributed by atoms with E-state index in [4.69, 9.17) is 26.3 Å². The molecular formula is C14H17ClN2O2. The molecule has 5 heteroatoms. The summed E-state index contributed by atoms with van der Waals surface area (Å²) in [5, 5.41) is 12.8. The standard InChI is InChI=1S/C14H17ClN2O2/c1-3-19-13-7-12(14(13)18-2)17-11-6-9(8-16)4-5-10(11)15/h4-6,12-14,17H,3,7H2,1-2H3. The van der Waals surface area contributed by atoms with Gasteiger partial charge in [-0.1, -0.05) is 11.6 Å². The summed E-state index contributed by atoms with van der Waals surface area (Å²) in [7, 11) is 1.68. The van der Waals surface area contributed by atoms with Crippen LogP contribution < -0.4 is 5.32 Å². The summed E-state index contributed by atoms with van der Waals surface area (Å²) in [6, 6.07) is 7.44. The van der Waals surface area contributed by atoms with E-state index < -0.39 is 0 Å². The SMILES string of the molecule is CCOC1CC(Nc2cc(C#N)ccc2Cl)C1OC. The van der Waals surface area contributed by atoms with Gasteiger partial charge in [0, 0.05) is 13.7 Å². The van der Waals surface area contributed by atoms with Crippen LogP contribution >= 0.6 is 11.6 Å². The summed E-state index contributed by atoms with van der Waals surface area (Å²) >= 11 is 6.12. The van der Waals surface area contributed by atoms with Crippen LogP contribution in [-0.2, 0) is 9.47 Å². The van der Waals surface area contributed by atoms with Gasteiger partial charge in [0.15, 0.2) is 0 Å². The van der Waals surface area contributed by atoms with E-state index in [9.17, 15) is 0 Å². The monoisotopic (exact) mass is 280 g/mol. The molecule has 0 saturated heterocycles. The Balaban J connectivity index is 2.04. The first-order chi connectivity index (χ1) is 9.19. The van der Waals surface area contributed by atoms with Crippen molar-refractivity contribution >= 4 is 17.3 Å². The molecule has 0 amide bonds. The molecular weight excluding hydrogens is 264 g/mol. The minimum atomic E-state index is 0.0155. The van der Waals surface area contributed by atoms with Crippen LogP contribution in [0.5, 0.6) is 0 Å². The van der Waals surface area contributed by atoms with Gasteiger partial charge in [-0.25, -0.2) is 0 Å². The second kappa shape index (κ2) is 6.25. The Bertz CT molecular complexity index is 487. The molecule has 19 heavy (non-hydrogen) atoms. The molecule has 0 radical (unpaired) electrons. The van der Waals surface area contributed by atoms with Crippen molar-refractivity contribution in [2.24, 2.45) is 0 Å². The van der Waals surface area contributed by atoms with Crippen molar-refractivity contribution in [1.29, 1.82) is 5.26 Å². The lowest BCUT2D eigenvalue weighted by molar-refractivity contribution is -0.118. The lowest BCUT2D eigenvalue weighted by atomic mass is 9.85. The number of halogens is 1. The van der Waals surface area contributed by atoms with Gasteiger partial charge in [-0.2, -0.15) is 5.26 Å². The van der Waals surface area contributed by atoms with Crippen molar-refractivity contribution in [2.45, 2.75) is 31.6 Å². The number of benzene rings is 1. The number of nitriles is 1. The van der Waals surface area contributed by atoms with E-state index in [0.29, 0.717) is 17.2 Å². The second-order valence-corrected chi connectivity index (χ2v) is 4.89. The highest BCUT2D eigenvalue weighted by molar-refractivity contribution is 6.33. The van der Waals surface area contributed by atoms with Gasteiger partial charge in [0.25, 0.3) is 0 Å². The van der Waals surface area contributed by atoms with E-state index in [-0.39, 0.29) is 18.2 Å². The molecule has 0 aromatic heterocycles. The molecule has 1 aliphatic rings. The average Bonchev–Trinajstić information content (AvgIpc) is 2.40. The normalized spacial score (nSPS) is 25.5. The summed E-state index contributed by atoms with van der Waals surface area (Å²) in [4.78, 5) is 0. The van der Waals surface area contributed by atoms with Crippen molar-refractivity contribution in [2.75, 3.05) is 19.0 Å². The molecule has 2 rings (SSSR count). The first-order valence-corrected chi connectivity index (χ1v) is 6.68. The summed E-state index contributed by atoms with van der Waals surface area (Å²) in [5.74, 6) is 0. The third-order valence-electron chi connectivity index (χ3n) is 3.34. The van der Waals surface area contributed by atoms with E-state index in [1.165, 1.54) is 0 Å². The number of ether oxygens (including phenoxy) is 2. The molecule has 0 aliphatic heterocycles. The zero-order valence-electron chi connectivity index (χ0n) is 11.0. The number of nitrogens with one attached hydrogen (secondary N) is 1. The molecule has 1 aromatic carbocycles. The third-order valence-corrected chi connectivity index (χ3v) is 3.67. The number of hydrogen-bond acceptors (Lipinski definition) is 4. The molecule has 102 valence electrons. The maximum atomic E-state index is 8.90. The lowest BCUT2D eigenvalue weighted by Gasteiger charge is -2.43. The molecule has 3 atom stereocenters. The molecule has 1 N–H and O–H groups in total. The fraction of sp³-hybridized carbons (Fsp3) is 0.500. The maximum absolute atomic E-state index is 8.90. The lowest BCUT2D eigenvalue weighted by Crippen LogP contribution is -2.56. The largest absolute Gasteiger partial charge is 0.378 e. The van der Waals surface area contributed by atoms with E-state index in [1.54, 1.807) is 25.3 Å². The summed E-state index contributed by atoms with van der Waals surface area (Å²) in [6.45, 7) is 2.66. The van der Waals surface area contributed by atoms with Crippen molar-refractivity contribution in [3.63, 3.8) is 0 Å². The second-order valence-electron chi connectivity index (χ2n) is 4.49. The fourth-order valence-corrected chi connectivity index (χ4v) is 2.49. The topological polar surface area (TPSA) is 54.3 Å². The van der Waals surface area contributed by atoms with Gasteiger partial charge in [0.05, 0.1) is 34.5 Å². The Morgan fingerprint density at radius 3 is 2.95 bits per heavy atom. The summed E-state index contributed by atoms with van der Waals surface area (Å²) < 4.78 is 11.0. The number of anilines is 1. The molecule has 4 nitrogen and oxygen atoms in total. The number of hydrogen-bond donors (Lipinski definition) is 1. The van der Waals surface area contributed by atoms with Crippen LogP contribution in [0.15, 0.2) is 18.2 Å². The number of methoxy groups -OCH3 is 1. The van der Waals surface area contributed by atoms with E-state index in [2.05, 4.69) is 11.4 Å². The van der Waals surface area contributed by atoms with Crippen molar-refractivity contribution in [3.05, 3.63) is 28.8 Å². The molecule has 0 spiro atoms. The molecule has 3 unspecified atom stereocenters. The van der Waals surface area contributed by atoms with Crippen LogP contribution in [0, 0.1) is 11.3 Å². The Labute approximate surface area is 118 Å². The van der Waals surface area contributed by atoms with Gasteiger partial charge in [-0.15, -0.1) is 0 Å². The Hall–Kier alpha value is -1.28. The highest BCUT2D eigenvalue weighted by atomic mass is 35.5. The zero-order chi connectivity index (χ0) is 13.8. The van der Waals surface area contributed by atoms with E-state index >= 15 is 0 Å². The minimum Gasteiger partial charge on any atom is -0.378 e. The van der Waals surface area contributed by atoms with Gasteiger partial charge < -0.3 is 14.8 Å². The molecule has 0 bridgehead atoms. The van der Waals surface area contributed by atoms with Gasteiger partial charge in [0.2, 0.25) is 0 Å². The predicted octanol–water partition coefficient (Wildman–Crippen LogP) is 2.82. The molecule has 0 heterocycles. The van der Waals surface area contributed by atoms with Gasteiger partial charge in [-0.05, 0) is 31.5 Å². The third kappa shape index (κ3) is 3.01. The smallest absolute Gasteiger partial charge is 0.103 e. The zero-order valence-corrected chi connectivity index (χ0v) is 11.8. The van der Waals surface area contributed by atoms with Gasteiger partial charge in [0.1, 0.15) is 6.10 Å². The molecule has 1 saturated carbocycles. The maximum Gasteiger partial charge on any atom is 0.103 e. The number of rotatable bonds is 5. The fourth-order valence-electron chi connectivity index (χ4n) is 2.32. The van der Waals surface area contributed by atoms with Gasteiger partial charge in [-0.3, -0.25) is 0 Å². The van der Waals surface area contributed by atoms with Gasteiger partial charge >= 0.3 is 0 Å². The van der Waals surface area contributed by atoms with Crippen LogP contribution in [0.3, 0.4) is 0 Å². The summed E-state index contributed by atoms with van der Waals surface area (Å²) in [5.41, 5.74) is 1.35. The van der Waals surface area contributed by atoms with Crippen molar-refractivity contribution in [3.8, 4) is 6.07 Å². The minimum absolute atomic E-state index is 0.0155. The highest BCUT2D eigenvalue weighted by Gasteiger charge is 2.42. The first-order valence-electron chi connectivity index (χ1n) is 6.30. The van der Waals surface area contributed by atoms with E-state index in [1.807, 2.05) is 6.92 Å². The number of nitrogens with zero attached hydrogens (tertiary/aromatic N) is 1. The Kier molecular flexibility index (Phi) is 4.65. The first kappa shape index (κ1) is 14.1. The van der Waals surface area contributed by atoms with Crippen LogP contribution in [-0.4, -0.2) is 32.0 Å². The van der Waals surface area contributed by atoms with E-state index in [0.717, 1.165) is 12.1 Å². The molecule has 1 aromatic rings.